The molecule has 1 aromatic carbocycles. The molecule has 0 saturated carbocycles. The van der Waals surface area contributed by atoms with Crippen LogP contribution >= 0.6 is 0 Å². The first-order valence-electron chi connectivity index (χ1n) is 5.61. The van der Waals surface area contributed by atoms with Crippen LogP contribution in [0.4, 0.5) is 0 Å². The van der Waals surface area contributed by atoms with Gasteiger partial charge in [0.05, 0.1) is 7.11 Å². The average Bonchev–Trinajstić information content (AvgIpc) is 2.25. The Labute approximate surface area is 97.8 Å². The largest absolute Gasteiger partial charge is 0.497 e. The van der Waals surface area contributed by atoms with Gasteiger partial charge in [0.1, 0.15) is 5.75 Å². The summed E-state index contributed by atoms with van der Waals surface area (Å²) in [5, 5.41) is 0. The molecular formula is C13H22N2O. The summed E-state index contributed by atoms with van der Waals surface area (Å²) in [6, 6.07) is 7.93. The van der Waals surface area contributed by atoms with Crippen molar-refractivity contribution in [1.29, 1.82) is 0 Å². The van der Waals surface area contributed by atoms with Gasteiger partial charge in [-0.25, -0.2) is 0 Å². The third-order valence-electron chi connectivity index (χ3n) is 2.64. The Kier molecular flexibility index (Phi) is 4.33. The zero-order chi connectivity index (χ0) is 12.2. The number of benzene rings is 1. The third kappa shape index (κ3) is 4.21. The van der Waals surface area contributed by atoms with Crippen LogP contribution in [0.15, 0.2) is 24.3 Å². The van der Waals surface area contributed by atoms with E-state index in [1.807, 2.05) is 38.1 Å². The lowest BCUT2D eigenvalue weighted by Gasteiger charge is -2.21. The summed E-state index contributed by atoms with van der Waals surface area (Å²) in [5.74, 6) is 0.857. The average molecular weight is 222 g/mol. The molecule has 0 saturated heterocycles. The van der Waals surface area contributed by atoms with E-state index in [0.29, 0.717) is 0 Å². The Balaban J connectivity index is 2.56. The highest BCUT2D eigenvalue weighted by atomic mass is 16.5. The van der Waals surface area contributed by atoms with E-state index in [1.165, 1.54) is 0 Å². The highest BCUT2D eigenvalue weighted by molar-refractivity contribution is 5.28. The van der Waals surface area contributed by atoms with Gasteiger partial charge in [-0.1, -0.05) is 12.1 Å². The molecule has 0 heterocycles. The maximum atomic E-state index is 6.10. The molecule has 3 heteroatoms. The van der Waals surface area contributed by atoms with E-state index in [-0.39, 0.29) is 11.6 Å². The van der Waals surface area contributed by atoms with Crippen LogP contribution in [-0.4, -0.2) is 12.6 Å². The Morgan fingerprint density at radius 1 is 1.25 bits per heavy atom. The van der Waals surface area contributed by atoms with Crippen molar-refractivity contribution < 1.29 is 4.74 Å². The number of hydrogen-bond donors (Lipinski definition) is 2. The number of rotatable bonds is 5. The van der Waals surface area contributed by atoms with Gasteiger partial charge in [0, 0.05) is 11.6 Å². The first-order valence-corrected chi connectivity index (χ1v) is 5.61. The van der Waals surface area contributed by atoms with Crippen LogP contribution in [0.5, 0.6) is 5.75 Å². The van der Waals surface area contributed by atoms with Crippen LogP contribution in [0.25, 0.3) is 0 Å². The van der Waals surface area contributed by atoms with Gasteiger partial charge >= 0.3 is 0 Å². The minimum absolute atomic E-state index is 0.0498. The van der Waals surface area contributed by atoms with E-state index in [0.717, 1.165) is 24.2 Å². The summed E-state index contributed by atoms with van der Waals surface area (Å²) in [7, 11) is 1.66. The lowest BCUT2D eigenvalue weighted by Crippen LogP contribution is -2.32. The molecule has 0 aliphatic carbocycles. The molecule has 1 unspecified atom stereocenters. The first kappa shape index (κ1) is 13.0. The summed E-state index contributed by atoms with van der Waals surface area (Å²) < 4.78 is 5.10. The Morgan fingerprint density at radius 2 is 1.81 bits per heavy atom. The lowest BCUT2D eigenvalue weighted by molar-refractivity contribution is 0.413. The van der Waals surface area contributed by atoms with Crippen LogP contribution in [-0.2, 0) is 0 Å². The van der Waals surface area contributed by atoms with Crippen molar-refractivity contribution in [2.24, 2.45) is 11.5 Å². The molecule has 4 N–H and O–H groups in total. The van der Waals surface area contributed by atoms with Crippen molar-refractivity contribution in [2.45, 2.75) is 38.3 Å². The quantitative estimate of drug-likeness (QED) is 0.803. The maximum absolute atomic E-state index is 6.10. The summed E-state index contributed by atoms with van der Waals surface area (Å²) in [6.07, 6.45) is 1.82. The van der Waals surface area contributed by atoms with E-state index >= 15 is 0 Å². The summed E-state index contributed by atoms with van der Waals surface area (Å²) in [5.41, 5.74) is 13.0. The third-order valence-corrected chi connectivity index (χ3v) is 2.64. The molecule has 0 amide bonds. The maximum Gasteiger partial charge on any atom is 0.118 e. The normalized spacial score (nSPS) is 13.6. The van der Waals surface area contributed by atoms with Crippen LogP contribution < -0.4 is 16.2 Å². The summed E-state index contributed by atoms with van der Waals surface area (Å²) >= 11 is 0. The second-order valence-electron chi connectivity index (χ2n) is 4.91. The van der Waals surface area contributed by atoms with Crippen LogP contribution in [0.1, 0.15) is 38.3 Å². The Hall–Kier alpha value is -1.06. The van der Waals surface area contributed by atoms with Gasteiger partial charge in [0.15, 0.2) is 0 Å². The molecule has 0 radical (unpaired) electrons. The zero-order valence-electron chi connectivity index (χ0n) is 10.4. The highest BCUT2D eigenvalue weighted by Gasteiger charge is 2.14. The van der Waals surface area contributed by atoms with Crippen molar-refractivity contribution in [3.05, 3.63) is 29.8 Å². The summed E-state index contributed by atoms with van der Waals surface area (Å²) in [6.45, 7) is 4.04. The molecule has 16 heavy (non-hydrogen) atoms. The minimum atomic E-state index is -0.149. The fourth-order valence-electron chi connectivity index (χ4n) is 1.55. The first-order chi connectivity index (χ1) is 7.42. The van der Waals surface area contributed by atoms with E-state index in [4.69, 9.17) is 16.2 Å². The van der Waals surface area contributed by atoms with Gasteiger partial charge in [-0.05, 0) is 44.4 Å². The number of hydrogen-bond acceptors (Lipinski definition) is 3. The van der Waals surface area contributed by atoms with E-state index in [1.54, 1.807) is 7.11 Å². The standard InChI is InChI=1S/C13H22N2O/c1-13(2,15)9-8-12(14)10-4-6-11(16-3)7-5-10/h4-7,12H,8-9,14-15H2,1-3H3. The van der Waals surface area contributed by atoms with Gasteiger partial charge in [0.25, 0.3) is 0 Å². The topological polar surface area (TPSA) is 61.3 Å². The van der Waals surface area contributed by atoms with Gasteiger partial charge < -0.3 is 16.2 Å². The highest BCUT2D eigenvalue weighted by Crippen LogP contribution is 2.21. The predicted molar refractivity (Wildman–Crippen MR) is 67.4 cm³/mol. The zero-order valence-corrected chi connectivity index (χ0v) is 10.4. The molecule has 0 bridgehead atoms. The molecule has 1 aromatic rings. The van der Waals surface area contributed by atoms with Gasteiger partial charge in [-0.2, -0.15) is 0 Å². The molecule has 1 atom stereocenters. The summed E-state index contributed by atoms with van der Waals surface area (Å²) in [4.78, 5) is 0. The van der Waals surface area contributed by atoms with Crippen molar-refractivity contribution in [1.82, 2.24) is 0 Å². The SMILES string of the molecule is COc1ccc(C(N)CCC(C)(C)N)cc1. The molecular weight excluding hydrogens is 200 g/mol. The Morgan fingerprint density at radius 3 is 2.25 bits per heavy atom. The number of methoxy groups -OCH3 is 1. The van der Waals surface area contributed by atoms with E-state index < -0.39 is 0 Å². The smallest absolute Gasteiger partial charge is 0.118 e. The molecule has 0 aromatic heterocycles. The molecule has 0 spiro atoms. The number of ether oxygens (including phenoxy) is 1. The molecule has 1 rings (SSSR count). The Bertz CT molecular complexity index is 314. The van der Waals surface area contributed by atoms with Gasteiger partial charge in [-0.3, -0.25) is 0 Å². The second-order valence-corrected chi connectivity index (χ2v) is 4.91. The molecule has 0 aliphatic rings. The monoisotopic (exact) mass is 222 g/mol. The fraction of sp³-hybridized carbons (Fsp3) is 0.538. The minimum Gasteiger partial charge on any atom is -0.497 e. The van der Waals surface area contributed by atoms with Crippen molar-refractivity contribution in [3.63, 3.8) is 0 Å². The molecule has 0 aliphatic heterocycles. The van der Waals surface area contributed by atoms with Gasteiger partial charge in [-0.15, -0.1) is 0 Å². The second kappa shape index (κ2) is 5.32. The van der Waals surface area contributed by atoms with Crippen LogP contribution in [0.3, 0.4) is 0 Å². The lowest BCUT2D eigenvalue weighted by atomic mass is 9.94. The van der Waals surface area contributed by atoms with E-state index in [2.05, 4.69) is 0 Å². The van der Waals surface area contributed by atoms with Crippen LogP contribution in [0.2, 0.25) is 0 Å². The fourth-order valence-corrected chi connectivity index (χ4v) is 1.55. The van der Waals surface area contributed by atoms with E-state index in [9.17, 15) is 0 Å². The van der Waals surface area contributed by atoms with Crippen molar-refractivity contribution in [2.75, 3.05) is 7.11 Å². The van der Waals surface area contributed by atoms with Crippen molar-refractivity contribution in [3.8, 4) is 5.75 Å². The van der Waals surface area contributed by atoms with Crippen molar-refractivity contribution >= 4 is 0 Å². The van der Waals surface area contributed by atoms with Crippen LogP contribution in [0, 0.1) is 0 Å². The number of nitrogens with two attached hydrogens (primary N) is 2. The molecule has 3 nitrogen and oxygen atoms in total. The molecule has 90 valence electrons. The van der Waals surface area contributed by atoms with Gasteiger partial charge in [0.2, 0.25) is 0 Å². The molecule has 0 fully saturated rings. The predicted octanol–water partition coefficient (Wildman–Crippen LogP) is 2.21.